The van der Waals surface area contributed by atoms with Crippen LogP contribution in [0.5, 0.6) is 11.5 Å². The van der Waals surface area contributed by atoms with Crippen molar-refractivity contribution in [1.29, 1.82) is 0 Å². The van der Waals surface area contributed by atoms with Crippen LogP contribution in [0.25, 0.3) is 33.1 Å². The van der Waals surface area contributed by atoms with Crippen molar-refractivity contribution in [2.75, 3.05) is 0 Å². The van der Waals surface area contributed by atoms with Crippen molar-refractivity contribution in [2.24, 2.45) is 0 Å². The van der Waals surface area contributed by atoms with E-state index in [9.17, 15) is 20.1 Å². The van der Waals surface area contributed by atoms with Gasteiger partial charge in [0, 0.05) is 14.5 Å². The van der Waals surface area contributed by atoms with Gasteiger partial charge >= 0.3 is 46.7 Å². The molecular formula is C20H7Br2I4NaO5+2. The van der Waals surface area contributed by atoms with Gasteiger partial charge in [-0.25, -0.2) is 9.21 Å². The average molecular weight is 1020 g/mol. The van der Waals surface area contributed by atoms with Crippen molar-refractivity contribution in [3.05, 3.63) is 53.1 Å². The van der Waals surface area contributed by atoms with Crippen LogP contribution < -0.4 is 29.6 Å². The molecule has 0 saturated heterocycles. The number of aromatic hydroxyl groups is 2. The number of phenols is 2. The maximum atomic E-state index is 12.3. The number of carboxylic acids is 1. The maximum absolute atomic E-state index is 12.3. The first kappa shape index (κ1) is 27.9. The normalized spacial score (nSPS) is 11.1. The van der Waals surface area contributed by atoms with Gasteiger partial charge in [-0.15, -0.1) is 0 Å². The molecule has 1 aromatic heterocycles. The van der Waals surface area contributed by atoms with Crippen LogP contribution in [0.4, 0.5) is 0 Å². The van der Waals surface area contributed by atoms with Crippen molar-refractivity contribution >= 4 is 150 Å². The maximum Gasteiger partial charge on any atom is 1.00 e. The smallest absolute Gasteiger partial charge is 0.505 e. The van der Waals surface area contributed by atoms with E-state index in [1.54, 1.807) is 24.3 Å². The van der Waals surface area contributed by atoms with Crippen molar-refractivity contribution in [3.63, 3.8) is 0 Å². The molecule has 0 radical (unpaired) electrons. The predicted octanol–water partition coefficient (Wildman–Crippen LogP) is 5.59. The molecule has 0 aliphatic carbocycles. The minimum atomic E-state index is -1.09. The molecule has 158 valence electrons. The first-order valence-electron chi connectivity index (χ1n) is 8.23. The van der Waals surface area contributed by atoms with Crippen molar-refractivity contribution in [2.45, 2.75) is 0 Å². The van der Waals surface area contributed by atoms with Gasteiger partial charge in [-0.3, -0.25) is 0 Å². The summed E-state index contributed by atoms with van der Waals surface area (Å²) in [5.41, 5.74) is 2.06. The summed E-state index contributed by atoms with van der Waals surface area (Å²) >= 11 is 14.9. The van der Waals surface area contributed by atoms with E-state index in [2.05, 4.69) is 31.9 Å². The first-order chi connectivity index (χ1) is 14.5. The Hall–Kier alpha value is 1.28. The second-order valence-corrected chi connectivity index (χ2v) is 12.5. The van der Waals surface area contributed by atoms with Crippen LogP contribution in [0, 0.1) is 14.3 Å². The van der Waals surface area contributed by atoms with E-state index in [1.165, 1.54) is 0 Å². The number of hydrogen-bond acceptors (Lipinski definition) is 3. The standard InChI is InChI=1S/C20H6Br2I4O5.Na/c21-8-2-1-5(12(13(8)22)20(29)30)11-6-3-9(23)16(27)14(25)18(6)31-19-7(11)4-10(24)17(28)15(19)26;/h1-4H,(H2-,27,28,29,30);/q;+1/p+1. The number of rotatable bonds is 2. The zero-order valence-electron chi connectivity index (χ0n) is 15.7. The van der Waals surface area contributed by atoms with Crippen LogP contribution in [-0.2, 0) is 0 Å². The minimum absolute atomic E-state index is 0. The summed E-state index contributed by atoms with van der Waals surface area (Å²) in [5.74, 6) is -0.914. The number of carbonyl (C=O) groups is 1. The Morgan fingerprint density at radius 3 is 1.78 bits per heavy atom. The van der Waals surface area contributed by atoms with E-state index in [0.29, 0.717) is 56.3 Å². The molecule has 0 spiro atoms. The molecule has 1 heterocycles. The fraction of sp³-hybridized carbons (Fsp3) is 0. The van der Waals surface area contributed by atoms with Crippen LogP contribution >= 0.6 is 122 Å². The van der Waals surface area contributed by atoms with Gasteiger partial charge in [-0.2, -0.15) is 0 Å². The number of carboxylic acid groups (broad SMARTS) is 1. The first-order valence-corrected chi connectivity index (χ1v) is 14.1. The van der Waals surface area contributed by atoms with Crippen molar-refractivity contribution < 1.29 is 54.1 Å². The topological polar surface area (TPSA) is 89.1 Å². The molecule has 0 saturated carbocycles. The van der Waals surface area contributed by atoms with Crippen LogP contribution in [0.1, 0.15) is 10.4 Å². The molecule has 5 nitrogen and oxygen atoms in total. The number of halogens is 6. The molecule has 0 aliphatic heterocycles. The predicted molar refractivity (Wildman–Crippen MR) is 160 cm³/mol. The Labute approximate surface area is 275 Å². The van der Waals surface area contributed by atoms with Gasteiger partial charge in [0.15, 0.2) is 18.6 Å². The monoisotopic (exact) mass is 1020 g/mol. The Balaban J connectivity index is 0.00000289. The van der Waals surface area contributed by atoms with E-state index < -0.39 is 5.97 Å². The number of hydrogen-bond donors (Lipinski definition) is 3. The van der Waals surface area contributed by atoms with Crippen molar-refractivity contribution in [3.8, 4) is 22.6 Å². The summed E-state index contributed by atoms with van der Waals surface area (Å²) in [6.45, 7) is 0. The van der Waals surface area contributed by atoms with Gasteiger partial charge in [0.2, 0.25) is 0 Å². The SMILES string of the molecule is O=C(O)c1c(-c2c3cc(I)c(O)c(I)c3[o+]c3c(I)c(O)c(I)cc23)ccc(Br)c1Br.[Na+]. The minimum Gasteiger partial charge on any atom is -0.505 e. The van der Waals surface area contributed by atoms with Crippen molar-refractivity contribution in [1.82, 2.24) is 0 Å². The van der Waals surface area contributed by atoms with E-state index in [0.717, 1.165) is 0 Å². The second kappa shape index (κ2) is 10.7. The summed E-state index contributed by atoms with van der Waals surface area (Å²) in [4.78, 5) is 12.3. The van der Waals surface area contributed by atoms with Gasteiger partial charge in [0.1, 0.15) is 0 Å². The number of phenolic OH excluding ortho intramolecular Hbond substituents is 2. The van der Waals surface area contributed by atoms with Gasteiger partial charge in [-0.05, 0) is 146 Å². The fourth-order valence-corrected chi connectivity index (χ4v) is 7.68. The second-order valence-electron chi connectivity index (χ2n) is 6.36. The quantitative estimate of drug-likeness (QED) is 0.106. The molecule has 0 aliphatic rings. The van der Waals surface area contributed by atoms with Gasteiger partial charge in [0.25, 0.3) is 0 Å². The van der Waals surface area contributed by atoms with Crippen LogP contribution in [-0.4, -0.2) is 21.3 Å². The third-order valence-electron chi connectivity index (χ3n) is 4.62. The van der Waals surface area contributed by atoms with E-state index in [1.807, 2.05) is 90.4 Å². The number of aromatic carboxylic acids is 1. The Morgan fingerprint density at radius 2 is 1.34 bits per heavy atom. The summed E-state index contributed by atoms with van der Waals surface area (Å²) < 4.78 is 9.46. The third-order valence-corrected chi connectivity index (χ3v) is 10.3. The summed E-state index contributed by atoms with van der Waals surface area (Å²) in [6.07, 6.45) is 0. The fourth-order valence-electron chi connectivity index (χ4n) is 3.26. The summed E-state index contributed by atoms with van der Waals surface area (Å²) in [7, 11) is 0. The number of fused-ring (bicyclic) bond motifs is 2. The summed E-state index contributed by atoms with van der Waals surface area (Å²) in [6, 6.07) is 7.08. The van der Waals surface area contributed by atoms with Gasteiger partial charge in [0.05, 0.1) is 23.5 Å². The molecule has 3 N–H and O–H groups in total. The van der Waals surface area contributed by atoms with E-state index in [4.69, 9.17) is 4.42 Å². The third kappa shape index (κ3) is 4.68. The zero-order chi connectivity index (χ0) is 22.8. The molecule has 0 fully saturated rings. The van der Waals surface area contributed by atoms with E-state index in [-0.39, 0.29) is 46.6 Å². The van der Waals surface area contributed by atoms with Crippen LogP contribution in [0.15, 0.2) is 37.6 Å². The molecule has 3 aromatic carbocycles. The molecule has 0 atom stereocenters. The molecule has 12 heteroatoms. The molecule has 0 unspecified atom stereocenters. The molecule has 32 heavy (non-hydrogen) atoms. The van der Waals surface area contributed by atoms with Crippen LogP contribution in [0.2, 0.25) is 0 Å². The Morgan fingerprint density at radius 1 is 0.875 bits per heavy atom. The Kier molecular flexibility index (Phi) is 9.33. The molecule has 0 amide bonds. The van der Waals surface area contributed by atoms with Gasteiger partial charge in [-0.1, -0.05) is 6.07 Å². The largest absolute Gasteiger partial charge is 1.00 e. The molecule has 0 bridgehead atoms. The zero-order valence-corrected chi connectivity index (χ0v) is 29.5. The molecule has 4 aromatic rings. The number of benzene rings is 3. The van der Waals surface area contributed by atoms with Gasteiger partial charge < -0.3 is 15.3 Å². The summed E-state index contributed by atoms with van der Waals surface area (Å²) in [5, 5.41) is 32.3. The molecule has 4 rings (SSSR count). The average Bonchev–Trinajstić information content (AvgIpc) is 2.71. The Bertz CT molecular complexity index is 1390. The molecular weight excluding hydrogens is 1010 g/mol. The van der Waals surface area contributed by atoms with Crippen LogP contribution in [0.3, 0.4) is 0 Å². The van der Waals surface area contributed by atoms with E-state index >= 15 is 0 Å².